The van der Waals surface area contributed by atoms with Gasteiger partial charge in [0.2, 0.25) is 11.5 Å². The zero-order chi connectivity index (χ0) is 28.8. The molecular formula is C29H31BrFN3O6. The number of hydrogen-bond acceptors (Lipinski definition) is 6. The predicted octanol–water partition coefficient (Wildman–Crippen LogP) is 4.75. The van der Waals surface area contributed by atoms with Crippen LogP contribution in [-0.4, -0.2) is 70.0 Å². The highest BCUT2D eigenvalue weighted by molar-refractivity contribution is 9.10. The second kappa shape index (κ2) is 10.5. The Balaban J connectivity index is 1.36. The first-order valence-corrected chi connectivity index (χ1v) is 14.0. The van der Waals surface area contributed by atoms with Crippen LogP contribution < -0.4 is 0 Å². The molecule has 1 unspecified atom stereocenters. The molecule has 0 radical (unpaired) electrons. The zero-order valence-electron chi connectivity index (χ0n) is 22.6. The van der Waals surface area contributed by atoms with Crippen LogP contribution in [0.5, 0.6) is 0 Å². The third-order valence-corrected chi connectivity index (χ3v) is 7.95. The lowest BCUT2D eigenvalue weighted by Crippen LogP contribution is -2.48. The number of carbonyl (C=O) groups is 4. The van der Waals surface area contributed by atoms with Crippen LogP contribution in [0.3, 0.4) is 0 Å². The molecule has 3 aliphatic rings. The molecule has 2 aliphatic heterocycles. The Bertz CT molecular complexity index is 1360. The van der Waals surface area contributed by atoms with Gasteiger partial charge in [0.15, 0.2) is 0 Å². The predicted molar refractivity (Wildman–Crippen MR) is 145 cm³/mol. The van der Waals surface area contributed by atoms with Crippen molar-refractivity contribution in [2.24, 2.45) is 0 Å². The van der Waals surface area contributed by atoms with Gasteiger partial charge in [-0.1, -0.05) is 34.1 Å². The van der Waals surface area contributed by atoms with Crippen molar-refractivity contribution in [1.82, 2.24) is 14.7 Å². The number of amides is 4. The van der Waals surface area contributed by atoms with Crippen molar-refractivity contribution in [2.45, 2.75) is 63.8 Å². The van der Waals surface area contributed by atoms with Gasteiger partial charge < -0.3 is 19.3 Å². The molecule has 40 heavy (non-hydrogen) atoms. The molecule has 0 aromatic heterocycles. The molecule has 2 atom stereocenters. The summed E-state index contributed by atoms with van der Waals surface area (Å²) < 4.78 is 25.6. The zero-order valence-corrected chi connectivity index (χ0v) is 24.2. The molecule has 2 saturated heterocycles. The van der Waals surface area contributed by atoms with Gasteiger partial charge >= 0.3 is 12.2 Å². The van der Waals surface area contributed by atoms with E-state index in [9.17, 15) is 23.6 Å². The smallest absolute Gasteiger partial charge is 0.418 e. The summed E-state index contributed by atoms with van der Waals surface area (Å²) in [6.45, 7) is 5.57. The number of aryl methyl sites for hydroxylation is 1. The molecule has 2 aromatic rings. The average Bonchev–Trinajstić information content (AvgIpc) is 3.56. The Hall–Kier alpha value is -3.47. The molecule has 2 heterocycles. The van der Waals surface area contributed by atoms with Gasteiger partial charge in [-0.15, -0.1) is 0 Å². The van der Waals surface area contributed by atoms with Crippen molar-refractivity contribution in [3.63, 3.8) is 0 Å². The summed E-state index contributed by atoms with van der Waals surface area (Å²) in [7, 11) is 0. The Morgan fingerprint density at radius 2 is 1.90 bits per heavy atom. The van der Waals surface area contributed by atoms with E-state index >= 15 is 0 Å². The van der Waals surface area contributed by atoms with Gasteiger partial charge in [0.25, 0.3) is 5.91 Å². The van der Waals surface area contributed by atoms with E-state index in [4.69, 9.17) is 9.47 Å². The van der Waals surface area contributed by atoms with Gasteiger partial charge in [-0.2, -0.15) is 0 Å². The largest absolute Gasteiger partial charge is 0.444 e. The molecule has 0 bridgehead atoms. The highest BCUT2D eigenvalue weighted by Crippen LogP contribution is 2.46. The molecule has 212 valence electrons. The van der Waals surface area contributed by atoms with Gasteiger partial charge in [-0.3, -0.25) is 9.59 Å². The minimum absolute atomic E-state index is 0.116. The summed E-state index contributed by atoms with van der Waals surface area (Å²) in [5, 5.41) is 0. The Kier molecular flexibility index (Phi) is 7.37. The quantitative estimate of drug-likeness (QED) is 0.482. The number of hydrogen-bond donors (Lipinski definition) is 0. The summed E-state index contributed by atoms with van der Waals surface area (Å²) in [4.78, 5) is 57.0. The number of imide groups is 1. The molecule has 1 spiro atoms. The van der Waals surface area contributed by atoms with Gasteiger partial charge in [0.05, 0.1) is 6.04 Å². The maximum absolute atomic E-state index is 13.8. The van der Waals surface area contributed by atoms with Crippen LogP contribution in [0.25, 0.3) is 0 Å². The summed E-state index contributed by atoms with van der Waals surface area (Å²) in [5.74, 6) is -1.44. The number of fused-ring (bicyclic) bond motifs is 2. The summed E-state index contributed by atoms with van der Waals surface area (Å²) in [5.41, 5.74) is 0.120. The van der Waals surface area contributed by atoms with E-state index < -0.39 is 53.6 Å². The minimum Gasteiger partial charge on any atom is -0.444 e. The fraction of sp³-hybridized carbons (Fsp3) is 0.448. The highest BCUT2D eigenvalue weighted by atomic mass is 79.9. The lowest BCUT2D eigenvalue weighted by molar-refractivity contribution is -0.143. The number of rotatable bonds is 5. The molecule has 11 heteroatoms. The Labute approximate surface area is 240 Å². The molecule has 2 aromatic carbocycles. The Morgan fingerprint density at radius 3 is 2.60 bits per heavy atom. The number of benzene rings is 2. The number of carbonyl (C=O) groups excluding carboxylic acids is 4. The van der Waals surface area contributed by atoms with Gasteiger partial charge in [0, 0.05) is 36.1 Å². The maximum atomic E-state index is 13.8. The number of likely N-dealkylation sites (tertiary alicyclic amines) is 1. The van der Waals surface area contributed by atoms with Crippen molar-refractivity contribution >= 4 is 39.9 Å². The summed E-state index contributed by atoms with van der Waals surface area (Å²) in [6, 6.07) is 10.8. The van der Waals surface area contributed by atoms with E-state index in [1.54, 1.807) is 54.8 Å². The van der Waals surface area contributed by atoms with Crippen LogP contribution in [0.4, 0.5) is 14.0 Å². The molecule has 1 aliphatic carbocycles. The minimum atomic E-state index is -1.43. The third-order valence-electron chi connectivity index (χ3n) is 7.46. The fourth-order valence-electron chi connectivity index (χ4n) is 5.54. The van der Waals surface area contributed by atoms with E-state index in [-0.39, 0.29) is 13.1 Å². The van der Waals surface area contributed by atoms with Crippen LogP contribution in [0.15, 0.2) is 46.9 Å². The third kappa shape index (κ3) is 5.43. The van der Waals surface area contributed by atoms with Gasteiger partial charge in [0.1, 0.15) is 18.0 Å². The van der Waals surface area contributed by atoms with Crippen LogP contribution in [0, 0.1) is 5.82 Å². The van der Waals surface area contributed by atoms with E-state index in [0.29, 0.717) is 36.9 Å². The molecule has 0 N–H and O–H groups in total. The second-order valence-electron chi connectivity index (χ2n) is 11.4. The molecule has 4 amide bonds. The van der Waals surface area contributed by atoms with Crippen molar-refractivity contribution < 1.29 is 33.0 Å². The van der Waals surface area contributed by atoms with Gasteiger partial charge in [-0.25, -0.2) is 18.9 Å². The van der Waals surface area contributed by atoms with E-state index in [1.807, 2.05) is 6.07 Å². The molecule has 5 rings (SSSR count). The normalized spacial score (nSPS) is 22.1. The van der Waals surface area contributed by atoms with E-state index in [1.165, 1.54) is 12.1 Å². The molecular weight excluding hydrogens is 585 g/mol. The number of halogens is 2. The van der Waals surface area contributed by atoms with Crippen LogP contribution in [0.1, 0.15) is 50.3 Å². The first kappa shape index (κ1) is 28.1. The van der Waals surface area contributed by atoms with E-state index in [2.05, 4.69) is 15.9 Å². The van der Waals surface area contributed by atoms with Crippen LogP contribution >= 0.6 is 15.9 Å². The second-order valence-corrected chi connectivity index (χ2v) is 12.3. The summed E-state index contributed by atoms with van der Waals surface area (Å²) in [6.07, 6.45) is 0.0143. The van der Waals surface area contributed by atoms with Crippen molar-refractivity contribution in [2.75, 3.05) is 19.6 Å². The van der Waals surface area contributed by atoms with Crippen LogP contribution in [0.2, 0.25) is 0 Å². The lowest BCUT2D eigenvalue weighted by Gasteiger charge is -2.31. The molecule has 2 fully saturated rings. The monoisotopic (exact) mass is 615 g/mol. The topological polar surface area (TPSA) is 96.5 Å². The van der Waals surface area contributed by atoms with Crippen molar-refractivity contribution in [1.29, 1.82) is 0 Å². The first-order valence-electron chi connectivity index (χ1n) is 13.2. The van der Waals surface area contributed by atoms with Gasteiger partial charge in [-0.05, 0) is 69.0 Å². The molecule has 0 saturated carbocycles. The Morgan fingerprint density at radius 1 is 1.18 bits per heavy atom. The SMILES string of the molecule is CC(C)(C)OC(=O)N1CCC(N(Cc2ccc(F)cc2)C(=O)CN2C(=O)O[C@@]3(CCc4cc(Br)ccc43)C2=O)C1. The summed E-state index contributed by atoms with van der Waals surface area (Å²) >= 11 is 3.43. The van der Waals surface area contributed by atoms with E-state index in [0.717, 1.165) is 14.9 Å². The van der Waals surface area contributed by atoms with Crippen molar-refractivity contribution in [3.8, 4) is 0 Å². The first-order chi connectivity index (χ1) is 18.9. The molecule has 9 nitrogen and oxygen atoms in total. The van der Waals surface area contributed by atoms with Crippen LogP contribution in [-0.2, 0) is 37.6 Å². The highest BCUT2D eigenvalue weighted by Gasteiger charge is 2.58. The maximum Gasteiger partial charge on any atom is 0.418 e. The lowest BCUT2D eigenvalue weighted by atomic mass is 9.95. The van der Waals surface area contributed by atoms with Crippen molar-refractivity contribution in [3.05, 3.63) is 69.4 Å². The number of nitrogens with zero attached hydrogens (tertiary/aromatic N) is 3. The average molecular weight is 616 g/mol. The number of ether oxygens (including phenoxy) is 2. The fourth-order valence-corrected chi connectivity index (χ4v) is 5.95. The standard InChI is InChI=1S/C29H31BrFN3O6/c1-28(2,3)39-26(37)32-13-11-22(16-32)33(15-18-4-7-21(31)8-5-18)24(35)17-34-25(36)29(40-27(34)38)12-10-19-14-20(30)6-9-23(19)29/h4-9,14,22H,10-13,15-17H2,1-3H3/t22?,29-/m1/s1.